The van der Waals surface area contributed by atoms with Crippen molar-refractivity contribution in [3.05, 3.63) is 17.2 Å². The molecule has 10 heavy (non-hydrogen) atoms. The quantitative estimate of drug-likeness (QED) is 0.470. The fraction of sp³-hybridized carbons (Fsp3) is 0.625. The first-order valence-corrected chi connectivity index (χ1v) is 3.54. The van der Waals surface area contributed by atoms with Crippen LogP contribution in [0.4, 0.5) is 0 Å². The highest BCUT2D eigenvalue weighted by atomic mass is 15.1. The summed E-state index contributed by atoms with van der Waals surface area (Å²) in [5, 5.41) is 0. The van der Waals surface area contributed by atoms with Gasteiger partial charge in [-0.25, -0.2) is 9.13 Å². The van der Waals surface area contributed by atoms with Gasteiger partial charge < -0.3 is 0 Å². The Labute approximate surface area is 62.1 Å². The SMILES string of the molecule is Cc1c(C)[n+](C)c(C)n1C. The summed E-state index contributed by atoms with van der Waals surface area (Å²) >= 11 is 0. The van der Waals surface area contributed by atoms with Crippen LogP contribution < -0.4 is 4.57 Å². The minimum Gasteiger partial charge on any atom is -0.234 e. The monoisotopic (exact) mass is 139 g/mol. The van der Waals surface area contributed by atoms with Gasteiger partial charge in [0, 0.05) is 20.8 Å². The average molecular weight is 139 g/mol. The van der Waals surface area contributed by atoms with Crippen molar-refractivity contribution in [3.63, 3.8) is 0 Å². The zero-order valence-corrected chi connectivity index (χ0v) is 7.39. The van der Waals surface area contributed by atoms with Crippen molar-refractivity contribution >= 4 is 0 Å². The van der Waals surface area contributed by atoms with E-state index in [-0.39, 0.29) is 0 Å². The van der Waals surface area contributed by atoms with Crippen LogP contribution in [0.15, 0.2) is 0 Å². The topological polar surface area (TPSA) is 8.81 Å². The molecule has 0 bridgehead atoms. The van der Waals surface area contributed by atoms with E-state index in [1.807, 2.05) is 0 Å². The Kier molecular flexibility index (Phi) is 1.55. The van der Waals surface area contributed by atoms with Crippen LogP contribution in [0.2, 0.25) is 0 Å². The summed E-state index contributed by atoms with van der Waals surface area (Å²) < 4.78 is 4.41. The van der Waals surface area contributed by atoms with Gasteiger partial charge >= 0.3 is 0 Å². The van der Waals surface area contributed by atoms with Crippen molar-refractivity contribution < 1.29 is 4.57 Å². The number of hydrogen-bond acceptors (Lipinski definition) is 0. The molecule has 56 valence electrons. The number of imidazole rings is 1. The van der Waals surface area contributed by atoms with Crippen LogP contribution in [0.5, 0.6) is 0 Å². The molecule has 1 aromatic heterocycles. The maximum absolute atomic E-state index is 2.20. The van der Waals surface area contributed by atoms with E-state index in [0.29, 0.717) is 0 Å². The van der Waals surface area contributed by atoms with Crippen LogP contribution in [-0.4, -0.2) is 4.57 Å². The lowest BCUT2D eigenvalue weighted by Gasteiger charge is -1.87. The third-order valence-corrected chi connectivity index (χ3v) is 2.50. The van der Waals surface area contributed by atoms with Gasteiger partial charge in [-0.3, -0.25) is 0 Å². The molecule has 0 atom stereocenters. The third kappa shape index (κ3) is 0.753. The van der Waals surface area contributed by atoms with Gasteiger partial charge in [-0.05, 0) is 0 Å². The molecule has 0 aromatic carbocycles. The Morgan fingerprint density at radius 3 is 1.80 bits per heavy atom. The largest absolute Gasteiger partial charge is 0.253 e. The van der Waals surface area contributed by atoms with Crippen LogP contribution in [0.25, 0.3) is 0 Å². The van der Waals surface area contributed by atoms with Crippen LogP contribution in [0.3, 0.4) is 0 Å². The molecule has 0 unspecified atom stereocenters. The molecular weight excluding hydrogens is 124 g/mol. The Hall–Kier alpha value is -0.790. The van der Waals surface area contributed by atoms with Crippen LogP contribution in [0.1, 0.15) is 17.2 Å². The van der Waals surface area contributed by atoms with Gasteiger partial charge in [-0.15, -0.1) is 0 Å². The standard InChI is InChI=1S/C8H15N2/c1-6-7(2)10(5)8(3)9(6)4/h1-5H3/q+1. The average Bonchev–Trinajstić information content (AvgIpc) is 2.07. The minimum absolute atomic E-state index is 1.30. The Morgan fingerprint density at radius 2 is 1.70 bits per heavy atom. The van der Waals surface area contributed by atoms with E-state index in [1.165, 1.54) is 17.2 Å². The van der Waals surface area contributed by atoms with Crippen molar-refractivity contribution in [2.75, 3.05) is 0 Å². The Balaban J connectivity index is 3.44. The van der Waals surface area contributed by atoms with Crippen molar-refractivity contribution in [1.29, 1.82) is 0 Å². The first-order valence-electron chi connectivity index (χ1n) is 3.54. The number of aromatic nitrogens is 2. The molecule has 0 aliphatic rings. The number of hydrogen-bond donors (Lipinski definition) is 0. The second kappa shape index (κ2) is 2.11. The molecule has 0 aliphatic carbocycles. The maximum atomic E-state index is 2.20. The summed E-state index contributed by atoms with van der Waals surface area (Å²) in [7, 11) is 4.19. The number of rotatable bonds is 0. The normalized spacial score (nSPS) is 10.5. The van der Waals surface area contributed by atoms with Crippen LogP contribution in [0, 0.1) is 20.8 Å². The van der Waals surface area contributed by atoms with E-state index in [0.717, 1.165) is 0 Å². The van der Waals surface area contributed by atoms with Gasteiger partial charge in [0.2, 0.25) is 0 Å². The molecule has 0 N–H and O–H groups in total. The minimum atomic E-state index is 1.30. The molecule has 0 fully saturated rings. The zero-order chi connectivity index (χ0) is 7.89. The molecule has 0 amide bonds. The van der Waals surface area contributed by atoms with E-state index in [9.17, 15) is 0 Å². The van der Waals surface area contributed by atoms with Crippen molar-refractivity contribution in [3.8, 4) is 0 Å². The van der Waals surface area contributed by atoms with Crippen LogP contribution in [-0.2, 0) is 14.1 Å². The fourth-order valence-corrected chi connectivity index (χ4v) is 1.20. The molecule has 0 saturated carbocycles. The first-order chi connectivity index (χ1) is 4.55. The Bertz CT molecular complexity index is 178. The highest BCUT2D eigenvalue weighted by Gasteiger charge is 2.14. The fourth-order valence-electron chi connectivity index (χ4n) is 1.20. The highest BCUT2D eigenvalue weighted by molar-refractivity contribution is 5.05. The third-order valence-electron chi connectivity index (χ3n) is 2.50. The molecule has 0 spiro atoms. The summed E-state index contributed by atoms with van der Waals surface area (Å²) in [5.41, 5.74) is 2.69. The smallest absolute Gasteiger partial charge is 0.234 e. The lowest BCUT2D eigenvalue weighted by atomic mass is 10.4. The summed E-state index contributed by atoms with van der Waals surface area (Å²) in [4.78, 5) is 0. The van der Waals surface area contributed by atoms with Crippen LogP contribution >= 0.6 is 0 Å². The van der Waals surface area contributed by atoms with Gasteiger partial charge in [0.1, 0.15) is 11.4 Å². The molecular formula is C8H15N2+. The Morgan fingerprint density at radius 1 is 1.20 bits per heavy atom. The van der Waals surface area contributed by atoms with Crippen molar-refractivity contribution in [1.82, 2.24) is 4.57 Å². The molecule has 0 radical (unpaired) electrons. The first kappa shape index (κ1) is 7.32. The summed E-state index contributed by atoms with van der Waals surface area (Å²) in [5.74, 6) is 1.30. The maximum Gasteiger partial charge on any atom is 0.253 e. The van der Waals surface area contributed by atoms with Crippen molar-refractivity contribution in [2.45, 2.75) is 20.8 Å². The van der Waals surface area contributed by atoms with Gasteiger partial charge in [0.15, 0.2) is 0 Å². The number of nitrogens with zero attached hydrogens (tertiary/aromatic N) is 2. The second-order valence-corrected chi connectivity index (χ2v) is 2.84. The summed E-state index contributed by atoms with van der Waals surface area (Å²) in [6, 6.07) is 0. The van der Waals surface area contributed by atoms with E-state index in [2.05, 4.69) is 44.0 Å². The van der Waals surface area contributed by atoms with Gasteiger partial charge in [-0.2, -0.15) is 0 Å². The highest BCUT2D eigenvalue weighted by Crippen LogP contribution is 2.02. The lowest BCUT2D eigenvalue weighted by molar-refractivity contribution is -0.683. The summed E-state index contributed by atoms with van der Waals surface area (Å²) in [6.07, 6.45) is 0. The van der Waals surface area contributed by atoms with E-state index in [1.54, 1.807) is 0 Å². The molecule has 1 rings (SSSR count). The molecule has 2 heteroatoms. The second-order valence-electron chi connectivity index (χ2n) is 2.84. The lowest BCUT2D eigenvalue weighted by Crippen LogP contribution is -2.32. The van der Waals surface area contributed by atoms with Gasteiger partial charge in [-0.1, -0.05) is 0 Å². The molecule has 1 heterocycles. The molecule has 1 aromatic rings. The molecule has 2 nitrogen and oxygen atoms in total. The van der Waals surface area contributed by atoms with Gasteiger partial charge in [0.25, 0.3) is 5.82 Å². The van der Waals surface area contributed by atoms with Gasteiger partial charge in [0.05, 0.1) is 14.1 Å². The molecule has 0 aliphatic heterocycles. The predicted octanol–water partition coefficient (Wildman–Crippen LogP) is 0.775. The zero-order valence-electron chi connectivity index (χ0n) is 7.39. The van der Waals surface area contributed by atoms with E-state index in [4.69, 9.17) is 0 Å². The van der Waals surface area contributed by atoms with E-state index >= 15 is 0 Å². The molecule has 0 saturated heterocycles. The predicted molar refractivity (Wildman–Crippen MR) is 40.8 cm³/mol. The van der Waals surface area contributed by atoms with Crippen molar-refractivity contribution in [2.24, 2.45) is 14.1 Å². The summed E-state index contributed by atoms with van der Waals surface area (Å²) in [6.45, 7) is 6.41. The van der Waals surface area contributed by atoms with E-state index < -0.39 is 0 Å².